The van der Waals surface area contributed by atoms with Crippen LogP contribution in [0.3, 0.4) is 0 Å². The lowest BCUT2D eigenvalue weighted by Gasteiger charge is -2.17. The van der Waals surface area contributed by atoms with Crippen molar-refractivity contribution < 1.29 is 9.90 Å². The summed E-state index contributed by atoms with van der Waals surface area (Å²) < 4.78 is 1.33. The molecule has 0 unspecified atom stereocenters. The molecule has 1 aromatic heterocycles. The predicted molar refractivity (Wildman–Crippen MR) is 112 cm³/mol. The first-order valence-corrected chi connectivity index (χ1v) is 10.3. The Balaban J connectivity index is 2.16. The van der Waals surface area contributed by atoms with E-state index < -0.39 is 10.7 Å². The molecule has 142 valence electrons. The maximum Gasteiger partial charge on any atom is 0.319 e. The Morgan fingerprint density at radius 2 is 2.11 bits per heavy atom. The van der Waals surface area contributed by atoms with Crippen LogP contribution in [-0.4, -0.2) is 30.6 Å². The van der Waals surface area contributed by atoms with E-state index in [0.29, 0.717) is 15.8 Å². The minimum Gasteiger partial charge on any atom is -0.480 e. The van der Waals surface area contributed by atoms with E-state index in [2.05, 4.69) is 70.3 Å². The number of carbonyl (C=O) groups is 1. The molecule has 0 fully saturated rings. The second-order valence-corrected chi connectivity index (χ2v) is 9.56. The minimum atomic E-state index is -1.01. The highest BCUT2D eigenvalue weighted by Gasteiger charge is 2.31. The monoisotopic (exact) mass is 447 g/mol. The average Bonchev–Trinajstić information content (AvgIpc) is 2.94. The van der Waals surface area contributed by atoms with Gasteiger partial charge in [0.2, 0.25) is 4.73 Å². The van der Waals surface area contributed by atoms with Gasteiger partial charge < -0.3 is 5.11 Å². The van der Waals surface area contributed by atoms with Crippen LogP contribution in [0.1, 0.15) is 44.7 Å². The predicted octanol–water partition coefficient (Wildman–Crippen LogP) is 3.30. The van der Waals surface area contributed by atoms with Gasteiger partial charge in [0.25, 0.3) is 0 Å². The number of thioether (sulfide) groups is 1. The van der Waals surface area contributed by atoms with Crippen LogP contribution in [0, 0.1) is 0 Å². The number of halogens is 1. The van der Waals surface area contributed by atoms with Crippen molar-refractivity contribution in [1.29, 1.82) is 0 Å². The first kappa shape index (κ1) is 19.9. The first-order valence-electron chi connectivity index (χ1n) is 8.74. The van der Waals surface area contributed by atoms with Gasteiger partial charge in [-0.2, -0.15) is 0 Å². The molecule has 0 saturated heterocycles. The third-order valence-corrected chi connectivity index (χ3v) is 6.21. The molecule has 1 aliphatic carbocycles. The molecule has 0 saturated carbocycles. The largest absolute Gasteiger partial charge is 0.480 e. The maximum atomic E-state index is 11.5. The molecule has 0 spiro atoms. The zero-order valence-electron chi connectivity index (χ0n) is 15.7. The van der Waals surface area contributed by atoms with Crippen LogP contribution in [0.2, 0.25) is 0 Å². The highest BCUT2D eigenvalue weighted by atomic mass is 79.9. The molecular formula is C20H22BrN3O2S. The lowest BCUT2D eigenvalue weighted by Crippen LogP contribution is -2.32. The van der Waals surface area contributed by atoms with Crippen LogP contribution < -0.4 is 10.4 Å². The summed E-state index contributed by atoms with van der Waals surface area (Å²) in [6, 6.07) is 4.28. The lowest BCUT2D eigenvalue weighted by atomic mass is 9.91. The van der Waals surface area contributed by atoms with Crippen LogP contribution in [-0.2, 0) is 11.2 Å². The summed E-state index contributed by atoms with van der Waals surface area (Å²) in [7, 11) is 0. The number of aromatic nitrogens is 3. The first-order chi connectivity index (χ1) is 12.7. The topological polar surface area (TPSA) is 68.0 Å². The number of carboxylic acids is 1. The van der Waals surface area contributed by atoms with E-state index >= 15 is 0 Å². The van der Waals surface area contributed by atoms with Gasteiger partial charge in [0, 0.05) is 6.20 Å². The summed E-state index contributed by atoms with van der Waals surface area (Å²) in [4.78, 5) is 11.5. The van der Waals surface area contributed by atoms with Crippen molar-refractivity contribution in [3.05, 3.63) is 50.6 Å². The Morgan fingerprint density at radius 1 is 1.37 bits per heavy atom. The van der Waals surface area contributed by atoms with E-state index in [-0.39, 0.29) is 0 Å². The van der Waals surface area contributed by atoms with Crippen molar-refractivity contribution in [2.75, 3.05) is 0 Å². The molecule has 3 rings (SSSR count). The standard InChI is InChI=1S/C20H22BrN3O2S/c1-12(2)14-10-9-13(15-7-5-6-8-16(14)15)11-24-18(21)22-23-19(24)27-20(3,4)17(25)26/h5-7,9-12H,8H2,1-4H3,(H,25,26)/b13-11+. The molecule has 2 aromatic rings. The van der Waals surface area contributed by atoms with E-state index in [9.17, 15) is 9.90 Å². The average molecular weight is 448 g/mol. The normalized spacial score (nSPS) is 14.4. The molecule has 27 heavy (non-hydrogen) atoms. The molecule has 0 amide bonds. The second-order valence-electron chi connectivity index (χ2n) is 7.26. The van der Waals surface area contributed by atoms with Crippen LogP contribution in [0.4, 0.5) is 0 Å². The third kappa shape index (κ3) is 4.04. The molecule has 0 bridgehead atoms. The van der Waals surface area contributed by atoms with Crippen LogP contribution >= 0.6 is 27.7 Å². The second kappa shape index (κ2) is 7.64. The SMILES string of the molecule is CC(C)c1cc/c(=C\n2c(Br)nnc2SC(C)(C)C(=O)O)c2c1CC=CC=2. The van der Waals surface area contributed by atoms with Crippen LogP contribution in [0.5, 0.6) is 0 Å². The summed E-state index contributed by atoms with van der Waals surface area (Å²) in [5.41, 5.74) is 2.69. The summed E-state index contributed by atoms with van der Waals surface area (Å²) in [6.45, 7) is 7.72. The fourth-order valence-electron chi connectivity index (χ4n) is 2.98. The van der Waals surface area contributed by atoms with Crippen LogP contribution in [0.25, 0.3) is 12.3 Å². The quantitative estimate of drug-likeness (QED) is 0.712. The molecule has 1 aromatic carbocycles. The number of aliphatic carboxylic acids is 1. The number of hydrogen-bond donors (Lipinski definition) is 1. The zero-order chi connectivity index (χ0) is 19.8. The van der Waals surface area contributed by atoms with E-state index in [1.165, 1.54) is 28.1 Å². The zero-order valence-corrected chi connectivity index (χ0v) is 18.1. The number of nitrogens with zero attached hydrogens (tertiary/aromatic N) is 3. The molecule has 0 radical (unpaired) electrons. The number of hydrogen-bond acceptors (Lipinski definition) is 4. The van der Waals surface area contributed by atoms with E-state index in [1.807, 2.05) is 6.20 Å². The Morgan fingerprint density at radius 3 is 2.78 bits per heavy atom. The maximum absolute atomic E-state index is 11.5. The van der Waals surface area contributed by atoms with Crippen molar-refractivity contribution in [2.45, 2.75) is 49.9 Å². The van der Waals surface area contributed by atoms with Crippen molar-refractivity contribution in [1.82, 2.24) is 14.8 Å². The lowest BCUT2D eigenvalue weighted by molar-refractivity contribution is -0.138. The summed E-state index contributed by atoms with van der Waals surface area (Å²) >= 11 is 4.60. The Bertz CT molecular complexity index is 1040. The highest BCUT2D eigenvalue weighted by molar-refractivity contribution is 9.10. The van der Waals surface area contributed by atoms with Gasteiger partial charge in [0.05, 0.1) is 0 Å². The van der Waals surface area contributed by atoms with Crippen molar-refractivity contribution in [3.8, 4) is 0 Å². The van der Waals surface area contributed by atoms with Crippen molar-refractivity contribution in [3.63, 3.8) is 0 Å². The van der Waals surface area contributed by atoms with Gasteiger partial charge in [-0.1, -0.05) is 56.0 Å². The van der Waals surface area contributed by atoms with Gasteiger partial charge in [-0.15, -0.1) is 10.2 Å². The molecule has 5 nitrogen and oxygen atoms in total. The van der Waals surface area contributed by atoms with Crippen molar-refractivity contribution in [2.24, 2.45) is 0 Å². The fourth-order valence-corrected chi connectivity index (χ4v) is 4.31. The summed E-state index contributed by atoms with van der Waals surface area (Å²) in [5, 5.41) is 20.4. The van der Waals surface area contributed by atoms with Crippen LogP contribution in [0.15, 0.2) is 34.2 Å². The van der Waals surface area contributed by atoms with Gasteiger partial charge in [-0.25, -0.2) is 0 Å². The van der Waals surface area contributed by atoms with E-state index in [1.54, 1.807) is 18.4 Å². The number of rotatable bonds is 5. The summed E-state index contributed by atoms with van der Waals surface area (Å²) in [6.07, 6.45) is 9.25. The smallest absolute Gasteiger partial charge is 0.319 e. The van der Waals surface area contributed by atoms with Gasteiger partial charge in [0.1, 0.15) is 4.75 Å². The van der Waals surface area contributed by atoms with Gasteiger partial charge in [0.15, 0.2) is 5.16 Å². The summed E-state index contributed by atoms with van der Waals surface area (Å²) in [5.74, 6) is -0.438. The fraction of sp³-hybridized carbons (Fsp3) is 0.350. The van der Waals surface area contributed by atoms with Gasteiger partial charge in [-0.3, -0.25) is 9.36 Å². The molecule has 7 heteroatoms. The molecule has 0 aliphatic heterocycles. The number of fused-ring (bicyclic) bond motifs is 1. The molecule has 1 N–H and O–H groups in total. The van der Waals surface area contributed by atoms with Gasteiger partial charge >= 0.3 is 5.97 Å². The Kier molecular flexibility index (Phi) is 5.63. The number of carboxylic acid groups (broad SMARTS) is 1. The minimum absolute atomic E-state index is 0.455. The van der Waals surface area contributed by atoms with Gasteiger partial charge in [-0.05, 0) is 63.7 Å². The van der Waals surface area contributed by atoms with Crippen molar-refractivity contribution >= 4 is 45.9 Å². The van der Waals surface area contributed by atoms with E-state index in [0.717, 1.165) is 11.6 Å². The molecular weight excluding hydrogens is 426 g/mol. The molecule has 1 aliphatic rings. The molecule has 0 atom stereocenters. The number of benzene rings is 1. The highest BCUT2D eigenvalue weighted by Crippen LogP contribution is 2.32. The van der Waals surface area contributed by atoms with E-state index in [4.69, 9.17) is 0 Å². The Hall–Kier alpha value is -1.86. The number of allylic oxidation sites excluding steroid dienone is 2. The Labute approximate surface area is 171 Å². The third-order valence-electron chi connectivity index (χ3n) is 4.52. The molecule has 1 heterocycles.